The van der Waals surface area contributed by atoms with Gasteiger partial charge in [0, 0.05) is 11.6 Å². The normalized spacial score (nSPS) is 33.2. The Hall–Kier alpha value is -1.36. The molecule has 1 heterocycles. The lowest BCUT2D eigenvalue weighted by atomic mass is 9.68. The van der Waals surface area contributed by atoms with E-state index >= 15 is 0 Å². The molecule has 3 atom stereocenters. The van der Waals surface area contributed by atoms with Crippen LogP contribution >= 0.6 is 0 Å². The highest BCUT2D eigenvalue weighted by atomic mass is 15.3. The van der Waals surface area contributed by atoms with Crippen molar-refractivity contribution in [1.29, 1.82) is 0 Å². The molecule has 3 unspecified atom stereocenters. The predicted molar refractivity (Wildman–Crippen MR) is 85.9 cm³/mol. The summed E-state index contributed by atoms with van der Waals surface area (Å²) in [6.45, 7) is 9.33. The quantitative estimate of drug-likeness (QED) is 0.587. The summed E-state index contributed by atoms with van der Waals surface area (Å²) in [6, 6.07) is 0.453. The lowest BCUT2D eigenvalue weighted by Crippen LogP contribution is -2.46. The van der Waals surface area contributed by atoms with Gasteiger partial charge < -0.3 is 10.7 Å². The van der Waals surface area contributed by atoms with Crippen LogP contribution < -0.4 is 16.6 Å². The van der Waals surface area contributed by atoms with E-state index in [1.807, 2.05) is 0 Å². The van der Waals surface area contributed by atoms with E-state index in [9.17, 15) is 0 Å². The number of nitrogens with zero attached hydrogens (tertiary/aromatic N) is 2. The summed E-state index contributed by atoms with van der Waals surface area (Å²) in [5.74, 6) is 8.05. The highest BCUT2D eigenvalue weighted by Gasteiger charge is 2.59. The van der Waals surface area contributed by atoms with Gasteiger partial charge in [-0.05, 0) is 42.4 Å². The van der Waals surface area contributed by atoms with Gasteiger partial charge in [0.1, 0.15) is 18.0 Å². The van der Waals surface area contributed by atoms with E-state index < -0.39 is 0 Å². The highest BCUT2D eigenvalue weighted by Crippen LogP contribution is 2.63. The van der Waals surface area contributed by atoms with Crippen molar-refractivity contribution in [3.63, 3.8) is 0 Å². The Morgan fingerprint density at radius 2 is 2.00 bits per heavy atom. The van der Waals surface area contributed by atoms with Crippen molar-refractivity contribution in [1.82, 2.24) is 9.97 Å². The van der Waals surface area contributed by atoms with E-state index in [0.29, 0.717) is 16.9 Å². The second-order valence-corrected chi connectivity index (χ2v) is 7.54. The summed E-state index contributed by atoms with van der Waals surface area (Å²) in [5, 5.41) is 3.75. The van der Waals surface area contributed by atoms with Crippen LogP contribution in [0.3, 0.4) is 0 Å². The van der Waals surface area contributed by atoms with E-state index in [1.54, 1.807) is 6.33 Å². The number of hydrogen-bond donors (Lipinski definition) is 3. The number of aromatic nitrogens is 2. The first kappa shape index (κ1) is 14.6. The molecule has 2 aliphatic carbocycles. The van der Waals surface area contributed by atoms with Crippen molar-refractivity contribution in [3.8, 4) is 0 Å². The molecule has 4 N–H and O–H groups in total. The van der Waals surface area contributed by atoms with E-state index in [-0.39, 0.29) is 0 Å². The molecular formula is C16H27N5. The van der Waals surface area contributed by atoms with Gasteiger partial charge in [0.25, 0.3) is 0 Å². The Labute approximate surface area is 127 Å². The smallest absolute Gasteiger partial charge is 0.148 e. The number of nitrogens with two attached hydrogens (primary N) is 1. The zero-order valence-electron chi connectivity index (χ0n) is 13.5. The summed E-state index contributed by atoms with van der Waals surface area (Å²) in [5.41, 5.74) is 4.44. The molecule has 0 aromatic carbocycles. The van der Waals surface area contributed by atoms with Crippen LogP contribution in [0.4, 0.5) is 11.6 Å². The van der Waals surface area contributed by atoms with Gasteiger partial charge in [0.15, 0.2) is 0 Å². The fourth-order valence-electron chi connectivity index (χ4n) is 4.79. The van der Waals surface area contributed by atoms with E-state index in [0.717, 1.165) is 29.5 Å². The van der Waals surface area contributed by atoms with E-state index in [1.165, 1.54) is 19.3 Å². The Balaban J connectivity index is 1.94. The Morgan fingerprint density at radius 1 is 1.29 bits per heavy atom. The van der Waals surface area contributed by atoms with Crippen molar-refractivity contribution in [2.75, 3.05) is 10.7 Å². The molecule has 5 heteroatoms. The van der Waals surface area contributed by atoms with Crippen LogP contribution in [0.1, 0.15) is 52.5 Å². The molecular weight excluding hydrogens is 262 g/mol. The van der Waals surface area contributed by atoms with Crippen LogP contribution in [-0.2, 0) is 6.42 Å². The van der Waals surface area contributed by atoms with Crippen LogP contribution in [-0.4, -0.2) is 16.0 Å². The van der Waals surface area contributed by atoms with Crippen LogP contribution in [0, 0.1) is 16.7 Å². The fraction of sp³-hybridized carbons (Fsp3) is 0.750. The number of nitrogen functional groups attached to an aromatic ring is 1. The van der Waals surface area contributed by atoms with Gasteiger partial charge in [-0.25, -0.2) is 15.8 Å². The topological polar surface area (TPSA) is 75.9 Å². The summed E-state index contributed by atoms with van der Waals surface area (Å²) >= 11 is 0. The lowest BCUT2D eigenvalue weighted by molar-refractivity contribution is 0.155. The third-order valence-electron chi connectivity index (χ3n) is 5.99. The molecule has 3 rings (SSSR count). The molecule has 0 amide bonds. The Kier molecular flexibility index (Phi) is 3.35. The van der Waals surface area contributed by atoms with E-state index in [2.05, 4.69) is 48.4 Å². The minimum atomic E-state index is 0.305. The maximum Gasteiger partial charge on any atom is 0.148 e. The molecule has 1 aromatic rings. The molecule has 2 aliphatic rings. The van der Waals surface area contributed by atoms with Crippen molar-refractivity contribution >= 4 is 11.6 Å². The van der Waals surface area contributed by atoms with Gasteiger partial charge in [-0.1, -0.05) is 27.7 Å². The zero-order chi connectivity index (χ0) is 15.3. The van der Waals surface area contributed by atoms with Gasteiger partial charge in [-0.2, -0.15) is 0 Å². The third-order valence-corrected chi connectivity index (χ3v) is 5.99. The molecule has 0 radical (unpaired) electrons. The standard InChI is InChI=1S/C16H27N5/c1-5-11-12(18-9-19-13(11)21-17)20-14-15(2,3)10-6-7-16(14,4)8-10/h9-10,14H,5-8,17H2,1-4H3,(H2,18,19,20,21). The first-order valence-corrected chi connectivity index (χ1v) is 7.99. The third kappa shape index (κ3) is 2.09. The average Bonchev–Trinajstić information content (AvgIpc) is 2.94. The van der Waals surface area contributed by atoms with Gasteiger partial charge in [0.2, 0.25) is 0 Å². The second-order valence-electron chi connectivity index (χ2n) is 7.54. The van der Waals surface area contributed by atoms with Gasteiger partial charge in [0.05, 0.1) is 0 Å². The molecule has 0 spiro atoms. The summed E-state index contributed by atoms with van der Waals surface area (Å²) in [7, 11) is 0. The summed E-state index contributed by atoms with van der Waals surface area (Å²) < 4.78 is 0. The minimum absolute atomic E-state index is 0.305. The maximum absolute atomic E-state index is 5.58. The molecule has 5 nitrogen and oxygen atoms in total. The average molecular weight is 289 g/mol. The molecule has 0 aliphatic heterocycles. The minimum Gasteiger partial charge on any atom is -0.366 e. The van der Waals surface area contributed by atoms with Crippen LogP contribution in [0.5, 0.6) is 0 Å². The SMILES string of the molecule is CCc1c(NN)ncnc1NC1C2(C)CCC(C2)C1(C)C. The lowest BCUT2D eigenvalue weighted by Gasteiger charge is -2.43. The molecule has 2 fully saturated rings. The predicted octanol–water partition coefficient (Wildman–Crippen LogP) is 2.95. The van der Waals surface area contributed by atoms with Crippen molar-refractivity contribution in [3.05, 3.63) is 11.9 Å². The van der Waals surface area contributed by atoms with Gasteiger partial charge in [-0.15, -0.1) is 0 Å². The molecule has 0 saturated heterocycles. The van der Waals surface area contributed by atoms with Crippen molar-refractivity contribution in [2.45, 2.75) is 59.4 Å². The first-order chi connectivity index (χ1) is 9.92. The van der Waals surface area contributed by atoms with Crippen LogP contribution in [0.25, 0.3) is 0 Å². The van der Waals surface area contributed by atoms with Crippen LogP contribution in [0.2, 0.25) is 0 Å². The number of nitrogens with one attached hydrogen (secondary N) is 2. The van der Waals surface area contributed by atoms with Gasteiger partial charge in [-0.3, -0.25) is 0 Å². The molecule has 2 bridgehead atoms. The Bertz CT molecular complexity index is 537. The molecule has 116 valence electrons. The Morgan fingerprint density at radius 3 is 2.57 bits per heavy atom. The highest BCUT2D eigenvalue weighted by molar-refractivity contribution is 5.57. The zero-order valence-corrected chi connectivity index (χ0v) is 13.5. The molecule has 2 saturated carbocycles. The molecule has 21 heavy (non-hydrogen) atoms. The van der Waals surface area contributed by atoms with Crippen LogP contribution in [0.15, 0.2) is 6.33 Å². The maximum atomic E-state index is 5.58. The number of anilines is 2. The summed E-state index contributed by atoms with van der Waals surface area (Å²) in [6.07, 6.45) is 6.44. The first-order valence-electron chi connectivity index (χ1n) is 7.99. The largest absolute Gasteiger partial charge is 0.366 e. The molecule has 1 aromatic heterocycles. The number of rotatable bonds is 4. The van der Waals surface area contributed by atoms with Crippen molar-refractivity contribution < 1.29 is 0 Å². The number of fused-ring (bicyclic) bond motifs is 2. The number of hydrogen-bond acceptors (Lipinski definition) is 5. The summed E-state index contributed by atoms with van der Waals surface area (Å²) in [4.78, 5) is 8.70. The second kappa shape index (κ2) is 4.83. The van der Waals surface area contributed by atoms with Gasteiger partial charge >= 0.3 is 0 Å². The fourth-order valence-corrected chi connectivity index (χ4v) is 4.79. The monoisotopic (exact) mass is 289 g/mol. The van der Waals surface area contributed by atoms with E-state index in [4.69, 9.17) is 5.84 Å². The number of hydrazine groups is 1. The van der Waals surface area contributed by atoms with Crippen molar-refractivity contribution in [2.24, 2.45) is 22.6 Å².